The average Bonchev–Trinajstić information content (AvgIpc) is 2.41. The lowest BCUT2D eigenvalue weighted by atomic mass is 10.1. The van der Waals surface area contributed by atoms with Gasteiger partial charge in [-0.25, -0.2) is 0 Å². The minimum absolute atomic E-state index is 0.0717. The summed E-state index contributed by atoms with van der Waals surface area (Å²) in [7, 11) is 0. The van der Waals surface area contributed by atoms with Gasteiger partial charge < -0.3 is 11.1 Å². The second-order valence-corrected chi connectivity index (χ2v) is 4.55. The number of carbonyl (C=O) groups is 1. The van der Waals surface area contributed by atoms with Gasteiger partial charge in [0.1, 0.15) is 0 Å². The Morgan fingerprint density at radius 2 is 2.00 bits per heavy atom. The molecule has 0 bridgehead atoms. The number of nitrogens with two attached hydrogens (primary N) is 1. The maximum atomic E-state index is 13.5. The molecule has 0 radical (unpaired) electrons. The van der Waals surface area contributed by atoms with Crippen LogP contribution in [-0.2, 0) is 0 Å². The highest BCUT2D eigenvalue weighted by molar-refractivity contribution is 6.31. The molecule has 6 nitrogen and oxygen atoms in total. The smallest absolute Gasteiger partial charge is 0.304 e. The molecule has 0 atom stereocenters. The van der Waals surface area contributed by atoms with Crippen LogP contribution in [0.1, 0.15) is 10.4 Å². The van der Waals surface area contributed by atoms with E-state index < -0.39 is 22.3 Å². The normalized spacial score (nSPS) is 10.2. The number of anilines is 2. The maximum absolute atomic E-state index is 13.5. The molecule has 2 aromatic carbocycles. The van der Waals surface area contributed by atoms with Gasteiger partial charge in [0.05, 0.1) is 10.5 Å². The molecule has 0 saturated heterocycles. The van der Waals surface area contributed by atoms with Gasteiger partial charge in [0.2, 0.25) is 5.82 Å². The van der Waals surface area contributed by atoms with E-state index >= 15 is 0 Å². The third-order valence-corrected chi connectivity index (χ3v) is 2.90. The van der Waals surface area contributed by atoms with Crippen LogP contribution in [0.2, 0.25) is 5.02 Å². The largest absolute Gasteiger partial charge is 0.398 e. The molecule has 0 aliphatic carbocycles. The number of benzene rings is 2. The van der Waals surface area contributed by atoms with Gasteiger partial charge in [-0.1, -0.05) is 11.6 Å². The quantitative estimate of drug-likeness (QED) is 0.516. The molecule has 8 heteroatoms. The van der Waals surface area contributed by atoms with E-state index in [0.29, 0.717) is 5.02 Å². The van der Waals surface area contributed by atoms with Crippen molar-refractivity contribution in [2.45, 2.75) is 0 Å². The first kappa shape index (κ1) is 14.7. The van der Waals surface area contributed by atoms with Crippen molar-refractivity contribution in [3.8, 4) is 0 Å². The van der Waals surface area contributed by atoms with E-state index in [-0.39, 0.29) is 16.9 Å². The first-order valence-electron chi connectivity index (χ1n) is 5.69. The molecular formula is C13H9ClFN3O3. The number of hydrogen-bond donors (Lipinski definition) is 2. The molecule has 3 N–H and O–H groups in total. The molecule has 0 spiro atoms. The molecule has 0 heterocycles. The molecule has 0 fully saturated rings. The van der Waals surface area contributed by atoms with Crippen molar-refractivity contribution in [2.75, 3.05) is 11.1 Å². The summed E-state index contributed by atoms with van der Waals surface area (Å²) in [6.07, 6.45) is 0. The van der Waals surface area contributed by atoms with Crippen LogP contribution in [0.4, 0.5) is 21.5 Å². The maximum Gasteiger partial charge on any atom is 0.304 e. The summed E-state index contributed by atoms with van der Waals surface area (Å²) in [6, 6.07) is 7.41. The Morgan fingerprint density at radius 1 is 1.29 bits per heavy atom. The summed E-state index contributed by atoms with van der Waals surface area (Å²) in [6.45, 7) is 0. The number of nitro groups is 1. The third kappa shape index (κ3) is 3.26. The lowest BCUT2D eigenvalue weighted by Gasteiger charge is -2.08. The zero-order valence-corrected chi connectivity index (χ0v) is 11.2. The molecule has 0 aliphatic heterocycles. The lowest BCUT2D eigenvalue weighted by molar-refractivity contribution is -0.387. The van der Waals surface area contributed by atoms with Gasteiger partial charge in [-0.3, -0.25) is 14.9 Å². The van der Waals surface area contributed by atoms with Crippen LogP contribution in [-0.4, -0.2) is 10.8 Å². The Labute approximate surface area is 123 Å². The van der Waals surface area contributed by atoms with Gasteiger partial charge >= 0.3 is 5.69 Å². The zero-order chi connectivity index (χ0) is 15.6. The molecule has 0 unspecified atom stereocenters. The van der Waals surface area contributed by atoms with E-state index in [9.17, 15) is 19.3 Å². The minimum atomic E-state index is -1.04. The summed E-state index contributed by atoms with van der Waals surface area (Å²) in [5.41, 5.74) is 5.39. The summed E-state index contributed by atoms with van der Waals surface area (Å²) in [4.78, 5) is 21.7. The van der Waals surface area contributed by atoms with Crippen LogP contribution in [0.15, 0.2) is 36.4 Å². The Hall–Kier alpha value is -2.67. The van der Waals surface area contributed by atoms with Crippen LogP contribution >= 0.6 is 11.6 Å². The SMILES string of the molecule is Nc1ccc(Cl)cc1C(=O)Nc1ccc([N+](=O)[O-])c(F)c1. The number of carbonyl (C=O) groups excluding carboxylic acids is 1. The molecule has 108 valence electrons. The van der Waals surface area contributed by atoms with Crippen LogP contribution in [0.5, 0.6) is 0 Å². The monoisotopic (exact) mass is 309 g/mol. The fourth-order valence-electron chi connectivity index (χ4n) is 1.66. The molecule has 2 aromatic rings. The van der Waals surface area contributed by atoms with Crippen LogP contribution < -0.4 is 11.1 Å². The van der Waals surface area contributed by atoms with Gasteiger partial charge in [-0.2, -0.15) is 4.39 Å². The van der Waals surface area contributed by atoms with Gasteiger partial charge in [-0.05, 0) is 24.3 Å². The zero-order valence-electron chi connectivity index (χ0n) is 10.5. The van der Waals surface area contributed by atoms with Crippen molar-refractivity contribution in [3.05, 3.63) is 62.9 Å². The van der Waals surface area contributed by atoms with E-state index in [0.717, 1.165) is 12.1 Å². The molecule has 1 amide bonds. The number of halogens is 2. The van der Waals surface area contributed by atoms with Crippen molar-refractivity contribution in [3.63, 3.8) is 0 Å². The number of nitro benzene ring substituents is 1. The standard InChI is InChI=1S/C13H9ClFN3O3/c14-7-1-3-11(16)9(5-7)13(19)17-8-2-4-12(18(20)21)10(15)6-8/h1-6H,16H2,(H,17,19). The highest BCUT2D eigenvalue weighted by Gasteiger charge is 2.16. The lowest BCUT2D eigenvalue weighted by Crippen LogP contribution is -2.14. The number of hydrogen-bond acceptors (Lipinski definition) is 4. The highest BCUT2D eigenvalue weighted by atomic mass is 35.5. The van der Waals surface area contributed by atoms with Crippen molar-refractivity contribution in [1.82, 2.24) is 0 Å². The third-order valence-electron chi connectivity index (χ3n) is 2.66. The first-order valence-corrected chi connectivity index (χ1v) is 6.06. The van der Waals surface area contributed by atoms with E-state index in [2.05, 4.69) is 5.32 Å². The van der Waals surface area contributed by atoms with Crippen LogP contribution in [0.3, 0.4) is 0 Å². The fraction of sp³-hybridized carbons (Fsp3) is 0. The summed E-state index contributed by atoms with van der Waals surface area (Å²) in [5.74, 6) is -1.64. The molecule has 0 aromatic heterocycles. The number of nitrogens with zero attached hydrogens (tertiary/aromatic N) is 1. The predicted octanol–water partition coefficient (Wildman–Crippen LogP) is 3.22. The van der Waals surface area contributed by atoms with Gasteiger partial charge in [0.25, 0.3) is 5.91 Å². The molecule has 21 heavy (non-hydrogen) atoms. The number of rotatable bonds is 3. The van der Waals surface area contributed by atoms with E-state index in [1.54, 1.807) is 0 Å². The Morgan fingerprint density at radius 3 is 2.62 bits per heavy atom. The van der Waals surface area contributed by atoms with Crippen LogP contribution in [0, 0.1) is 15.9 Å². The number of nitrogen functional groups attached to an aromatic ring is 1. The summed E-state index contributed by atoms with van der Waals surface area (Å²) in [5, 5.41) is 13.2. The van der Waals surface area contributed by atoms with Crippen molar-refractivity contribution in [1.29, 1.82) is 0 Å². The first-order chi connectivity index (χ1) is 9.88. The second kappa shape index (κ2) is 5.76. The minimum Gasteiger partial charge on any atom is -0.398 e. The molecular weight excluding hydrogens is 301 g/mol. The summed E-state index contributed by atoms with van der Waals surface area (Å²) < 4.78 is 13.5. The van der Waals surface area contributed by atoms with Crippen molar-refractivity contribution in [2.24, 2.45) is 0 Å². The Bertz CT molecular complexity index is 737. The number of nitrogens with one attached hydrogen (secondary N) is 1. The van der Waals surface area contributed by atoms with Gasteiger partial charge in [-0.15, -0.1) is 0 Å². The topological polar surface area (TPSA) is 98.3 Å². The molecule has 2 rings (SSSR count). The average molecular weight is 310 g/mol. The number of amides is 1. The van der Waals surface area contributed by atoms with Gasteiger partial charge in [0, 0.05) is 28.5 Å². The van der Waals surface area contributed by atoms with Crippen molar-refractivity contribution >= 4 is 34.6 Å². The second-order valence-electron chi connectivity index (χ2n) is 4.11. The summed E-state index contributed by atoms with van der Waals surface area (Å²) >= 11 is 5.77. The van der Waals surface area contributed by atoms with Crippen LogP contribution in [0.25, 0.3) is 0 Å². The highest BCUT2D eigenvalue weighted by Crippen LogP contribution is 2.23. The Balaban J connectivity index is 2.26. The van der Waals surface area contributed by atoms with Crippen molar-refractivity contribution < 1.29 is 14.1 Å². The Kier molecular flexibility index (Phi) is 4.04. The van der Waals surface area contributed by atoms with E-state index in [4.69, 9.17) is 17.3 Å². The van der Waals surface area contributed by atoms with E-state index in [1.165, 1.54) is 24.3 Å². The van der Waals surface area contributed by atoms with Gasteiger partial charge in [0.15, 0.2) is 0 Å². The molecule has 0 saturated carbocycles. The fourth-order valence-corrected chi connectivity index (χ4v) is 1.83. The van der Waals surface area contributed by atoms with E-state index in [1.807, 2.05) is 0 Å². The molecule has 0 aliphatic rings. The predicted molar refractivity (Wildman–Crippen MR) is 76.9 cm³/mol.